The number of hydrogen-bond donors (Lipinski definition) is 4. The van der Waals surface area contributed by atoms with Crippen LogP contribution in [0.2, 0.25) is 0 Å². The van der Waals surface area contributed by atoms with Gasteiger partial charge in [0.2, 0.25) is 11.8 Å². The lowest BCUT2D eigenvalue weighted by atomic mass is 10.0. The number of primary amides is 1. The average molecular weight is 545 g/mol. The largest absolute Gasteiger partial charge is 0.368 e. The fourth-order valence-corrected chi connectivity index (χ4v) is 5.39. The van der Waals surface area contributed by atoms with Crippen LogP contribution in [0.1, 0.15) is 15.2 Å². The van der Waals surface area contributed by atoms with Crippen LogP contribution in [0.5, 0.6) is 0 Å². The third-order valence-corrected chi connectivity index (χ3v) is 7.60. The summed E-state index contributed by atoms with van der Waals surface area (Å²) in [4.78, 5) is 59.0. The number of hydrogen-bond acceptors (Lipinski definition) is 5. The molecule has 3 heterocycles. The Bertz CT molecular complexity index is 1490. The highest BCUT2D eigenvalue weighted by molar-refractivity contribution is 7.12. The molecule has 5 rings (SSSR count). The molecule has 0 spiro atoms. The molecule has 0 unspecified atom stereocenters. The van der Waals surface area contributed by atoms with Crippen LogP contribution in [0.3, 0.4) is 0 Å². The Hall–Kier alpha value is -4.64. The lowest BCUT2D eigenvalue weighted by Gasteiger charge is -2.40. The number of carbonyl (C=O) groups is 4. The molecule has 39 heavy (non-hydrogen) atoms. The first-order chi connectivity index (χ1) is 18.9. The van der Waals surface area contributed by atoms with Gasteiger partial charge >= 0.3 is 6.03 Å². The molecule has 5 N–H and O–H groups in total. The summed E-state index contributed by atoms with van der Waals surface area (Å²) in [7, 11) is 0. The van der Waals surface area contributed by atoms with Crippen LogP contribution in [0, 0.1) is 0 Å². The molecule has 2 aromatic heterocycles. The van der Waals surface area contributed by atoms with E-state index in [0.717, 1.165) is 16.5 Å². The number of para-hydroxylation sites is 2. The minimum Gasteiger partial charge on any atom is -0.368 e. The molecule has 1 aliphatic heterocycles. The quantitative estimate of drug-likeness (QED) is 0.284. The van der Waals surface area contributed by atoms with Crippen molar-refractivity contribution in [3.8, 4) is 0 Å². The Kier molecular flexibility index (Phi) is 7.60. The summed E-state index contributed by atoms with van der Waals surface area (Å²) >= 11 is 1.28. The number of carbonyl (C=O) groups excluding carboxylic acids is 4. The van der Waals surface area contributed by atoms with Crippen LogP contribution in [0.4, 0.5) is 10.5 Å². The highest BCUT2D eigenvalue weighted by Crippen LogP contribution is 2.21. The second kappa shape index (κ2) is 11.4. The number of amides is 5. The van der Waals surface area contributed by atoms with E-state index in [1.165, 1.54) is 21.1 Å². The molecule has 5 amide bonds. The van der Waals surface area contributed by atoms with E-state index in [0.29, 0.717) is 10.6 Å². The van der Waals surface area contributed by atoms with Gasteiger partial charge in [0, 0.05) is 42.3 Å². The highest BCUT2D eigenvalue weighted by atomic mass is 32.1. The van der Waals surface area contributed by atoms with Crippen molar-refractivity contribution >= 4 is 51.7 Å². The van der Waals surface area contributed by atoms with Gasteiger partial charge in [0.25, 0.3) is 5.91 Å². The number of nitrogens with one attached hydrogen (secondary N) is 3. The molecule has 1 aliphatic rings. The summed E-state index contributed by atoms with van der Waals surface area (Å²) in [5.41, 5.74) is 8.04. The Morgan fingerprint density at radius 1 is 1.00 bits per heavy atom. The molecule has 2 atom stereocenters. The van der Waals surface area contributed by atoms with Crippen molar-refractivity contribution in [1.29, 1.82) is 0 Å². The number of benzene rings is 2. The molecule has 200 valence electrons. The summed E-state index contributed by atoms with van der Waals surface area (Å²) in [6, 6.07) is 17.7. The van der Waals surface area contributed by atoms with Crippen LogP contribution in [0.15, 0.2) is 78.3 Å². The van der Waals surface area contributed by atoms with Crippen LogP contribution in [-0.2, 0) is 16.0 Å². The van der Waals surface area contributed by atoms with Crippen molar-refractivity contribution in [2.45, 2.75) is 18.5 Å². The number of aromatic amines is 1. The molecule has 4 aromatic rings. The summed E-state index contributed by atoms with van der Waals surface area (Å²) in [5, 5.41) is 8.29. The minimum atomic E-state index is -1.01. The van der Waals surface area contributed by atoms with E-state index in [1.54, 1.807) is 48.0 Å². The highest BCUT2D eigenvalue weighted by Gasteiger charge is 2.39. The Morgan fingerprint density at radius 3 is 2.51 bits per heavy atom. The summed E-state index contributed by atoms with van der Waals surface area (Å²) in [6.45, 7) is 0.356. The predicted molar refractivity (Wildman–Crippen MR) is 149 cm³/mol. The predicted octanol–water partition coefficient (Wildman–Crippen LogP) is 2.80. The number of rotatable bonds is 7. The van der Waals surface area contributed by atoms with Gasteiger partial charge in [-0.25, -0.2) is 4.79 Å². The Balaban J connectivity index is 1.36. The van der Waals surface area contributed by atoms with E-state index in [-0.39, 0.29) is 38.0 Å². The zero-order valence-corrected chi connectivity index (χ0v) is 21.8. The molecule has 2 aromatic carbocycles. The molecule has 0 aliphatic carbocycles. The molecular weight excluding hydrogens is 516 g/mol. The van der Waals surface area contributed by atoms with E-state index < -0.39 is 23.9 Å². The van der Waals surface area contributed by atoms with Gasteiger partial charge in [-0.3, -0.25) is 14.4 Å². The van der Waals surface area contributed by atoms with Crippen molar-refractivity contribution in [2.24, 2.45) is 5.73 Å². The maximum atomic E-state index is 13.6. The number of nitrogens with zero attached hydrogens (tertiary/aromatic N) is 2. The minimum absolute atomic E-state index is 0.0415. The summed E-state index contributed by atoms with van der Waals surface area (Å²) in [5.74, 6) is -1.56. The van der Waals surface area contributed by atoms with Gasteiger partial charge in [0.05, 0.1) is 11.4 Å². The van der Waals surface area contributed by atoms with E-state index >= 15 is 0 Å². The van der Waals surface area contributed by atoms with Crippen molar-refractivity contribution in [3.05, 3.63) is 88.7 Å². The van der Waals surface area contributed by atoms with Crippen molar-refractivity contribution in [1.82, 2.24) is 20.1 Å². The molecule has 11 heteroatoms. The van der Waals surface area contributed by atoms with Gasteiger partial charge in [-0.2, -0.15) is 0 Å². The topological polar surface area (TPSA) is 141 Å². The fraction of sp³-hybridized carbons (Fsp3) is 0.214. The van der Waals surface area contributed by atoms with Gasteiger partial charge in [0.15, 0.2) is 0 Å². The van der Waals surface area contributed by atoms with E-state index in [4.69, 9.17) is 5.73 Å². The van der Waals surface area contributed by atoms with Gasteiger partial charge in [-0.15, -0.1) is 11.3 Å². The van der Waals surface area contributed by atoms with E-state index in [1.807, 2.05) is 30.3 Å². The van der Waals surface area contributed by atoms with Gasteiger partial charge < -0.3 is 31.2 Å². The lowest BCUT2D eigenvalue weighted by Crippen LogP contribution is -2.63. The third kappa shape index (κ3) is 5.78. The van der Waals surface area contributed by atoms with Crippen LogP contribution < -0.4 is 16.4 Å². The number of piperazine rings is 1. The van der Waals surface area contributed by atoms with Crippen molar-refractivity contribution in [2.75, 3.05) is 25.0 Å². The molecule has 1 saturated heterocycles. The average Bonchev–Trinajstić information content (AvgIpc) is 3.63. The number of anilines is 1. The Morgan fingerprint density at radius 2 is 1.77 bits per heavy atom. The van der Waals surface area contributed by atoms with Crippen LogP contribution >= 0.6 is 11.3 Å². The molecule has 0 radical (unpaired) electrons. The molecule has 1 fully saturated rings. The third-order valence-electron chi connectivity index (χ3n) is 6.75. The smallest absolute Gasteiger partial charge is 0.321 e. The van der Waals surface area contributed by atoms with Gasteiger partial charge in [0.1, 0.15) is 12.1 Å². The SMILES string of the molecule is NC(=O)[C@@H](Cc1c[nH]c2ccccc12)NC(=O)[C@@H]1CN(C(=O)Nc2ccccc2)CCN1C(=O)c1cccs1. The standard InChI is InChI=1S/C28H28N6O4S/c29-25(35)22(15-18-16-30-21-10-5-4-9-20(18)21)32-26(36)23-17-33(28(38)31-19-7-2-1-3-8-19)12-13-34(23)27(37)24-11-6-14-39-24/h1-11,14,16,22-23,30H,12-13,15,17H2,(H2,29,35)(H,31,38)(H,32,36)/t22-,23+/m1/s1. The summed E-state index contributed by atoms with van der Waals surface area (Å²) in [6.07, 6.45) is 1.96. The number of nitrogens with two attached hydrogens (primary N) is 1. The second-order valence-electron chi connectivity index (χ2n) is 9.26. The fourth-order valence-electron chi connectivity index (χ4n) is 4.71. The maximum Gasteiger partial charge on any atom is 0.321 e. The first kappa shape index (κ1) is 26.0. The molecule has 0 bridgehead atoms. The number of aromatic nitrogens is 1. The Labute approximate surface area is 228 Å². The van der Waals surface area contributed by atoms with Crippen LogP contribution in [0.25, 0.3) is 10.9 Å². The second-order valence-corrected chi connectivity index (χ2v) is 10.2. The number of fused-ring (bicyclic) bond motifs is 1. The molecule has 10 nitrogen and oxygen atoms in total. The number of H-pyrrole nitrogens is 1. The molecular formula is C28H28N6O4S. The first-order valence-electron chi connectivity index (χ1n) is 12.5. The summed E-state index contributed by atoms with van der Waals surface area (Å²) < 4.78 is 0. The number of urea groups is 1. The lowest BCUT2D eigenvalue weighted by molar-refractivity contribution is -0.131. The zero-order valence-electron chi connectivity index (χ0n) is 21.0. The van der Waals surface area contributed by atoms with Crippen molar-refractivity contribution in [3.63, 3.8) is 0 Å². The normalized spacial score (nSPS) is 16.1. The zero-order chi connectivity index (χ0) is 27.4. The maximum absolute atomic E-state index is 13.6. The van der Waals surface area contributed by atoms with E-state index in [2.05, 4.69) is 15.6 Å². The first-order valence-corrected chi connectivity index (χ1v) is 13.4. The van der Waals surface area contributed by atoms with Crippen LogP contribution in [-0.4, -0.2) is 70.3 Å². The van der Waals surface area contributed by atoms with Gasteiger partial charge in [-0.1, -0.05) is 42.5 Å². The van der Waals surface area contributed by atoms with E-state index in [9.17, 15) is 19.2 Å². The number of thiophene rings is 1. The monoisotopic (exact) mass is 544 g/mol. The van der Waals surface area contributed by atoms with Gasteiger partial charge in [-0.05, 0) is 35.2 Å². The molecule has 0 saturated carbocycles. The van der Waals surface area contributed by atoms with Crippen molar-refractivity contribution < 1.29 is 19.2 Å².